The fraction of sp³-hybridized carbons (Fsp3) is 0.500. The predicted molar refractivity (Wildman–Crippen MR) is 86.7 cm³/mol. The third-order valence-corrected chi connectivity index (χ3v) is 5.02. The number of anilines is 2. The normalized spacial score (nSPS) is 19.0. The predicted octanol–water partition coefficient (Wildman–Crippen LogP) is 4.14. The molecule has 1 aliphatic heterocycles. The maximum atomic E-state index is 5.50. The van der Waals surface area contributed by atoms with E-state index in [1.54, 1.807) is 0 Å². The van der Waals surface area contributed by atoms with Gasteiger partial charge in [0.1, 0.15) is 0 Å². The number of H-pyrrole nitrogens is 1. The summed E-state index contributed by atoms with van der Waals surface area (Å²) in [6.07, 6.45) is 7.36. The van der Waals surface area contributed by atoms with Crippen molar-refractivity contribution in [2.45, 2.75) is 44.6 Å². The van der Waals surface area contributed by atoms with E-state index >= 15 is 0 Å². The molecule has 21 heavy (non-hydrogen) atoms. The van der Waals surface area contributed by atoms with Crippen LogP contribution in [-0.4, -0.2) is 21.3 Å². The van der Waals surface area contributed by atoms with Crippen molar-refractivity contribution in [1.29, 1.82) is 0 Å². The summed E-state index contributed by atoms with van der Waals surface area (Å²) < 4.78 is 3.02. The van der Waals surface area contributed by atoms with Crippen molar-refractivity contribution in [2.24, 2.45) is 0 Å². The zero-order valence-corrected chi connectivity index (χ0v) is 12.9. The van der Waals surface area contributed by atoms with Gasteiger partial charge in [0.2, 0.25) is 5.95 Å². The van der Waals surface area contributed by atoms with Crippen LogP contribution in [0.5, 0.6) is 0 Å². The summed E-state index contributed by atoms with van der Waals surface area (Å²) in [7, 11) is 0. The number of benzene rings is 1. The lowest BCUT2D eigenvalue weighted by Gasteiger charge is -2.31. The first-order valence-electron chi connectivity index (χ1n) is 7.87. The van der Waals surface area contributed by atoms with Gasteiger partial charge in [0, 0.05) is 18.3 Å². The Bertz CT molecular complexity index is 696. The molecule has 0 saturated heterocycles. The fourth-order valence-corrected chi connectivity index (χ4v) is 4.00. The van der Waals surface area contributed by atoms with Gasteiger partial charge in [-0.2, -0.15) is 0 Å². The van der Waals surface area contributed by atoms with Crippen LogP contribution in [0.1, 0.15) is 43.7 Å². The highest BCUT2D eigenvalue weighted by molar-refractivity contribution is 7.71. The van der Waals surface area contributed by atoms with Crippen molar-refractivity contribution in [3.63, 3.8) is 0 Å². The molecule has 4 rings (SSSR count). The lowest BCUT2D eigenvalue weighted by atomic mass is 10.0. The second-order valence-electron chi connectivity index (χ2n) is 6.02. The summed E-state index contributed by atoms with van der Waals surface area (Å²) in [6, 6.07) is 9.17. The van der Waals surface area contributed by atoms with Gasteiger partial charge in [-0.05, 0) is 49.5 Å². The SMILES string of the molecule is S=c1[nH]nc(N2CCCc3ccccc32)n1C1CCCC1. The summed E-state index contributed by atoms with van der Waals surface area (Å²) in [5, 5.41) is 7.57. The van der Waals surface area contributed by atoms with Crippen LogP contribution >= 0.6 is 12.2 Å². The molecule has 2 aromatic rings. The maximum absolute atomic E-state index is 5.50. The minimum absolute atomic E-state index is 0.514. The van der Waals surface area contributed by atoms with Crippen LogP contribution in [0, 0.1) is 4.77 Å². The molecule has 110 valence electrons. The van der Waals surface area contributed by atoms with E-state index in [0.717, 1.165) is 23.7 Å². The molecular formula is C16H20N4S. The van der Waals surface area contributed by atoms with E-state index in [9.17, 15) is 0 Å². The smallest absolute Gasteiger partial charge is 0.230 e. The highest BCUT2D eigenvalue weighted by Crippen LogP contribution is 2.37. The second-order valence-corrected chi connectivity index (χ2v) is 6.41. The van der Waals surface area contributed by atoms with Crippen LogP contribution in [0.2, 0.25) is 0 Å². The lowest BCUT2D eigenvalue weighted by Crippen LogP contribution is -2.28. The number of aromatic amines is 1. The quantitative estimate of drug-likeness (QED) is 0.847. The van der Waals surface area contributed by atoms with Crippen molar-refractivity contribution >= 4 is 23.9 Å². The molecule has 5 heteroatoms. The van der Waals surface area contributed by atoms with E-state index in [0.29, 0.717) is 6.04 Å². The molecule has 1 aromatic heterocycles. The van der Waals surface area contributed by atoms with Gasteiger partial charge in [-0.3, -0.25) is 4.57 Å². The molecule has 0 unspecified atom stereocenters. The van der Waals surface area contributed by atoms with E-state index in [4.69, 9.17) is 12.2 Å². The number of hydrogen-bond donors (Lipinski definition) is 1. The number of aromatic nitrogens is 3. The van der Waals surface area contributed by atoms with Crippen LogP contribution in [-0.2, 0) is 6.42 Å². The standard InChI is InChI=1S/C16H20N4S/c21-16-18-17-15(20(16)13-8-2-3-9-13)19-11-5-7-12-6-1-4-10-14(12)19/h1,4,6,10,13H,2-3,5,7-9,11H2,(H,18,21). The third-order valence-electron chi connectivity index (χ3n) is 4.73. The van der Waals surface area contributed by atoms with Crippen LogP contribution in [0.15, 0.2) is 24.3 Å². The van der Waals surface area contributed by atoms with Crippen LogP contribution in [0.4, 0.5) is 11.6 Å². The highest BCUT2D eigenvalue weighted by atomic mass is 32.1. The first kappa shape index (κ1) is 13.1. The van der Waals surface area contributed by atoms with Gasteiger partial charge < -0.3 is 4.90 Å². The molecule has 1 saturated carbocycles. The molecule has 1 aromatic carbocycles. The highest BCUT2D eigenvalue weighted by Gasteiger charge is 2.27. The monoisotopic (exact) mass is 300 g/mol. The van der Waals surface area contributed by atoms with Crippen LogP contribution in [0.3, 0.4) is 0 Å². The number of nitrogens with zero attached hydrogens (tertiary/aromatic N) is 3. The molecule has 0 bridgehead atoms. The summed E-state index contributed by atoms with van der Waals surface area (Å²) in [6.45, 7) is 1.02. The molecule has 0 radical (unpaired) electrons. The molecular weight excluding hydrogens is 280 g/mol. The Morgan fingerprint density at radius 1 is 1.14 bits per heavy atom. The first-order chi connectivity index (χ1) is 10.3. The van der Waals surface area contributed by atoms with Gasteiger partial charge >= 0.3 is 0 Å². The zero-order valence-electron chi connectivity index (χ0n) is 12.1. The Balaban J connectivity index is 1.80. The minimum Gasteiger partial charge on any atom is -0.310 e. The van der Waals surface area contributed by atoms with Gasteiger partial charge in [-0.25, -0.2) is 5.10 Å². The topological polar surface area (TPSA) is 36.9 Å². The Morgan fingerprint density at radius 3 is 2.81 bits per heavy atom. The lowest BCUT2D eigenvalue weighted by molar-refractivity contribution is 0.509. The summed E-state index contributed by atoms with van der Waals surface area (Å²) in [5.41, 5.74) is 2.70. The third kappa shape index (κ3) is 2.20. The molecule has 0 amide bonds. The molecule has 4 nitrogen and oxygen atoms in total. The molecule has 0 spiro atoms. The van der Waals surface area contributed by atoms with Gasteiger partial charge in [0.05, 0.1) is 0 Å². The van der Waals surface area contributed by atoms with E-state index < -0.39 is 0 Å². The van der Waals surface area contributed by atoms with E-state index in [-0.39, 0.29) is 0 Å². The van der Waals surface area contributed by atoms with Gasteiger partial charge in [0.25, 0.3) is 0 Å². The van der Waals surface area contributed by atoms with Crippen molar-refractivity contribution in [2.75, 3.05) is 11.4 Å². The molecule has 1 aliphatic carbocycles. The minimum atomic E-state index is 0.514. The summed E-state index contributed by atoms with van der Waals surface area (Å²) in [5.74, 6) is 0.999. The summed E-state index contributed by atoms with van der Waals surface area (Å²) in [4.78, 5) is 2.34. The van der Waals surface area contributed by atoms with E-state index in [1.165, 1.54) is 43.4 Å². The van der Waals surface area contributed by atoms with Crippen molar-refractivity contribution in [1.82, 2.24) is 14.8 Å². The van der Waals surface area contributed by atoms with Crippen molar-refractivity contribution in [3.05, 3.63) is 34.6 Å². The second kappa shape index (κ2) is 5.30. The number of nitrogens with one attached hydrogen (secondary N) is 1. The fourth-order valence-electron chi connectivity index (χ4n) is 3.72. The van der Waals surface area contributed by atoms with Crippen molar-refractivity contribution in [3.8, 4) is 0 Å². The summed E-state index contributed by atoms with van der Waals surface area (Å²) >= 11 is 5.50. The average molecular weight is 300 g/mol. The molecule has 0 atom stereocenters. The largest absolute Gasteiger partial charge is 0.310 e. The van der Waals surface area contributed by atoms with Gasteiger partial charge in [0.15, 0.2) is 4.77 Å². The first-order valence-corrected chi connectivity index (χ1v) is 8.28. The van der Waals surface area contributed by atoms with Crippen LogP contribution in [0.25, 0.3) is 0 Å². The van der Waals surface area contributed by atoms with Crippen LogP contribution < -0.4 is 4.90 Å². The average Bonchev–Trinajstić information content (AvgIpc) is 3.16. The Morgan fingerprint density at radius 2 is 1.95 bits per heavy atom. The Hall–Kier alpha value is -1.62. The van der Waals surface area contributed by atoms with Gasteiger partial charge in [-0.1, -0.05) is 31.0 Å². The molecule has 1 fully saturated rings. The number of fused-ring (bicyclic) bond motifs is 1. The number of para-hydroxylation sites is 1. The zero-order chi connectivity index (χ0) is 14.2. The van der Waals surface area contributed by atoms with E-state index in [1.807, 2.05) is 0 Å². The molecule has 2 heterocycles. The molecule has 1 N–H and O–H groups in total. The Kier molecular flexibility index (Phi) is 3.30. The number of rotatable bonds is 2. The van der Waals surface area contributed by atoms with Gasteiger partial charge in [-0.15, -0.1) is 5.10 Å². The molecule has 2 aliphatic rings. The maximum Gasteiger partial charge on any atom is 0.230 e. The Labute approximate surface area is 129 Å². The number of aryl methyl sites for hydroxylation is 1. The number of hydrogen-bond acceptors (Lipinski definition) is 3. The van der Waals surface area contributed by atoms with E-state index in [2.05, 4.69) is 43.9 Å². The van der Waals surface area contributed by atoms with Crippen molar-refractivity contribution < 1.29 is 0 Å².